The van der Waals surface area contributed by atoms with E-state index >= 15 is 0 Å². The van der Waals surface area contributed by atoms with Gasteiger partial charge in [0.05, 0.1) is 30.6 Å². The summed E-state index contributed by atoms with van der Waals surface area (Å²) in [6, 6.07) is -0.919. The first-order valence-corrected chi connectivity index (χ1v) is 8.61. The molecule has 168 valence electrons. The molecule has 0 heterocycles. The molecule has 1 rings (SSSR count). The number of carbonyl (C=O) groups is 3. The number of benzene rings is 1. The number of hydrogen-bond donors (Lipinski definition) is 2. The second-order valence-electron chi connectivity index (χ2n) is 6.46. The van der Waals surface area contributed by atoms with Crippen LogP contribution in [0.2, 0.25) is 0 Å². The van der Waals surface area contributed by atoms with Crippen molar-refractivity contribution in [2.24, 2.45) is 5.92 Å². The number of nitrogens with one attached hydrogen (secondary N) is 1. The van der Waals surface area contributed by atoms with E-state index in [1.807, 2.05) is 5.32 Å². The molecule has 0 bridgehead atoms. The smallest absolute Gasteiger partial charge is 0.416 e. The molecule has 0 radical (unpaired) electrons. The third-order valence-electron chi connectivity index (χ3n) is 3.96. The summed E-state index contributed by atoms with van der Waals surface area (Å²) in [7, 11) is 0. The molecule has 2 atom stereocenters. The Kier molecular flexibility index (Phi) is 8.25. The normalized spacial score (nSPS) is 14.0. The van der Waals surface area contributed by atoms with Gasteiger partial charge in [-0.15, -0.1) is 0 Å². The molecule has 0 spiro atoms. The van der Waals surface area contributed by atoms with Crippen LogP contribution in [-0.2, 0) is 37.9 Å². The van der Waals surface area contributed by atoms with Crippen LogP contribution in [0, 0.1) is 5.92 Å². The van der Waals surface area contributed by atoms with E-state index in [2.05, 4.69) is 4.74 Å². The zero-order valence-corrected chi connectivity index (χ0v) is 15.9. The fourth-order valence-electron chi connectivity index (χ4n) is 2.58. The van der Waals surface area contributed by atoms with Gasteiger partial charge < -0.3 is 15.2 Å². The first-order chi connectivity index (χ1) is 13.6. The molecule has 0 saturated carbocycles. The van der Waals surface area contributed by atoms with Gasteiger partial charge in [0.15, 0.2) is 0 Å². The first kappa shape index (κ1) is 25.2. The first-order valence-electron chi connectivity index (χ1n) is 8.61. The van der Waals surface area contributed by atoms with Crippen LogP contribution in [-0.4, -0.2) is 35.6 Å². The lowest BCUT2D eigenvalue weighted by Gasteiger charge is -2.21. The van der Waals surface area contributed by atoms with E-state index < -0.39 is 65.3 Å². The SMILES string of the molecule is CCOC(=O)C[C@H](C)[C@@H](NC(=O)Cc1cc(C(F)(F)F)cc(C(F)(F)F)c1)C(=O)O. The minimum Gasteiger partial charge on any atom is -0.480 e. The largest absolute Gasteiger partial charge is 0.480 e. The molecule has 30 heavy (non-hydrogen) atoms. The lowest BCUT2D eigenvalue weighted by molar-refractivity contribution is -0.147. The monoisotopic (exact) mass is 443 g/mol. The summed E-state index contributed by atoms with van der Waals surface area (Å²) in [5.41, 5.74) is -3.78. The Morgan fingerprint density at radius 2 is 1.53 bits per heavy atom. The van der Waals surface area contributed by atoms with E-state index in [0.29, 0.717) is 12.1 Å². The third kappa shape index (κ3) is 7.56. The molecule has 0 unspecified atom stereocenters. The number of esters is 1. The summed E-state index contributed by atoms with van der Waals surface area (Å²) in [4.78, 5) is 35.0. The number of ether oxygens (including phenoxy) is 1. The molecule has 0 aliphatic rings. The molecule has 0 aliphatic heterocycles. The fraction of sp³-hybridized carbons (Fsp3) is 0.500. The predicted octanol–water partition coefficient (Wildman–Crippen LogP) is 3.43. The fourth-order valence-corrected chi connectivity index (χ4v) is 2.58. The molecule has 6 nitrogen and oxygen atoms in total. The lowest BCUT2D eigenvalue weighted by Crippen LogP contribution is -2.46. The average molecular weight is 443 g/mol. The molecular formula is C18H19F6NO5. The van der Waals surface area contributed by atoms with Crippen LogP contribution in [0.4, 0.5) is 26.3 Å². The maximum absolute atomic E-state index is 12.9. The minimum absolute atomic E-state index is 0.0483. The number of alkyl halides is 6. The summed E-state index contributed by atoms with van der Waals surface area (Å²) in [6.45, 7) is 2.90. The minimum atomic E-state index is -5.08. The molecule has 0 saturated heterocycles. The zero-order valence-electron chi connectivity index (χ0n) is 15.9. The van der Waals surface area contributed by atoms with Crippen molar-refractivity contribution in [3.05, 3.63) is 34.9 Å². The van der Waals surface area contributed by atoms with Crippen molar-refractivity contribution in [3.63, 3.8) is 0 Å². The van der Waals surface area contributed by atoms with Gasteiger partial charge in [0.1, 0.15) is 6.04 Å². The summed E-state index contributed by atoms with van der Waals surface area (Å²) >= 11 is 0. The van der Waals surface area contributed by atoms with E-state index in [9.17, 15) is 45.8 Å². The molecule has 1 amide bonds. The second kappa shape index (κ2) is 9.81. The Morgan fingerprint density at radius 1 is 1.03 bits per heavy atom. The van der Waals surface area contributed by atoms with E-state index in [4.69, 9.17) is 0 Å². The van der Waals surface area contributed by atoms with Crippen LogP contribution < -0.4 is 5.32 Å². The third-order valence-corrected chi connectivity index (χ3v) is 3.96. The van der Waals surface area contributed by atoms with Crippen LogP contribution >= 0.6 is 0 Å². The van der Waals surface area contributed by atoms with Crippen LogP contribution in [0.1, 0.15) is 37.0 Å². The Morgan fingerprint density at radius 3 is 1.93 bits per heavy atom. The number of hydrogen-bond acceptors (Lipinski definition) is 4. The van der Waals surface area contributed by atoms with Gasteiger partial charge in [0.25, 0.3) is 0 Å². The standard InChI is InChI=1S/C18H19F6NO5/c1-3-30-14(27)4-9(2)15(16(28)29)25-13(26)7-10-5-11(17(19,20)21)8-12(6-10)18(22,23)24/h5-6,8-9,15H,3-4,7H2,1-2H3,(H,25,26)(H,28,29)/t9-,15+/m0/s1. The highest BCUT2D eigenvalue weighted by molar-refractivity contribution is 5.85. The van der Waals surface area contributed by atoms with Crippen LogP contribution in [0.15, 0.2) is 18.2 Å². The van der Waals surface area contributed by atoms with Crippen molar-refractivity contribution in [2.75, 3.05) is 6.61 Å². The molecule has 0 aromatic heterocycles. The second-order valence-corrected chi connectivity index (χ2v) is 6.46. The van der Waals surface area contributed by atoms with Crippen LogP contribution in [0.3, 0.4) is 0 Å². The quantitative estimate of drug-likeness (QED) is 0.475. The molecule has 0 fully saturated rings. The van der Waals surface area contributed by atoms with E-state index in [1.54, 1.807) is 0 Å². The number of halogens is 6. The number of carbonyl (C=O) groups excluding carboxylic acids is 2. The number of aliphatic carboxylic acids is 1. The maximum Gasteiger partial charge on any atom is 0.416 e. The van der Waals surface area contributed by atoms with Crippen LogP contribution in [0.5, 0.6) is 0 Å². The lowest BCUT2D eigenvalue weighted by atomic mass is 9.97. The van der Waals surface area contributed by atoms with Crippen molar-refractivity contribution in [1.29, 1.82) is 0 Å². The Labute approximate surface area is 167 Å². The summed E-state index contributed by atoms with van der Waals surface area (Å²) in [5.74, 6) is -4.32. The van der Waals surface area contributed by atoms with Gasteiger partial charge in [-0.3, -0.25) is 9.59 Å². The molecule has 2 N–H and O–H groups in total. The molecular weight excluding hydrogens is 424 g/mol. The van der Waals surface area contributed by atoms with Crippen molar-refractivity contribution in [1.82, 2.24) is 5.32 Å². The van der Waals surface area contributed by atoms with E-state index in [-0.39, 0.29) is 19.1 Å². The predicted molar refractivity (Wildman–Crippen MR) is 90.1 cm³/mol. The average Bonchev–Trinajstić information content (AvgIpc) is 2.57. The number of amides is 1. The maximum atomic E-state index is 12.9. The van der Waals surface area contributed by atoms with Crippen LogP contribution in [0.25, 0.3) is 0 Å². The molecule has 1 aromatic rings. The zero-order chi connectivity index (χ0) is 23.3. The highest BCUT2D eigenvalue weighted by Gasteiger charge is 2.37. The van der Waals surface area contributed by atoms with Crippen molar-refractivity contribution < 1.29 is 50.6 Å². The highest BCUT2D eigenvalue weighted by atomic mass is 19.4. The van der Waals surface area contributed by atoms with Gasteiger partial charge in [-0.2, -0.15) is 26.3 Å². The highest BCUT2D eigenvalue weighted by Crippen LogP contribution is 2.36. The summed E-state index contributed by atoms with van der Waals surface area (Å²) in [6.07, 6.45) is -11.5. The Bertz CT molecular complexity index is 758. The van der Waals surface area contributed by atoms with Gasteiger partial charge >= 0.3 is 24.3 Å². The van der Waals surface area contributed by atoms with E-state index in [0.717, 1.165) is 0 Å². The number of rotatable bonds is 8. The number of carboxylic acid groups (broad SMARTS) is 1. The van der Waals surface area contributed by atoms with E-state index in [1.165, 1.54) is 13.8 Å². The summed E-state index contributed by atoms with van der Waals surface area (Å²) < 4.78 is 82.0. The van der Waals surface area contributed by atoms with Crippen molar-refractivity contribution >= 4 is 17.8 Å². The summed E-state index contributed by atoms with van der Waals surface area (Å²) in [5, 5.41) is 11.3. The molecule has 12 heteroatoms. The molecule has 0 aliphatic carbocycles. The Balaban J connectivity index is 3.04. The van der Waals surface area contributed by atoms with Gasteiger partial charge in [-0.05, 0) is 36.6 Å². The molecule has 1 aromatic carbocycles. The van der Waals surface area contributed by atoms with Gasteiger partial charge in [0.2, 0.25) is 5.91 Å². The Hall–Kier alpha value is -2.79. The van der Waals surface area contributed by atoms with Gasteiger partial charge in [-0.1, -0.05) is 6.92 Å². The van der Waals surface area contributed by atoms with Crippen molar-refractivity contribution in [3.8, 4) is 0 Å². The number of carboxylic acids is 1. The van der Waals surface area contributed by atoms with Gasteiger partial charge in [-0.25, -0.2) is 4.79 Å². The van der Waals surface area contributed by atoms with Gasteiger partial charge in [0, 0.05) is 0 Å². The topological polar surface area (TPSA) is 92.7 Å². The van der Waals surface area contributed by atoms with Crippen molar-refractivity contribution in [2.45, 2.75) is 45.1 Å².